The van der Waals surface area contributed by atoms with E-state index in [4.69, 9.17) is 0 Å². The average molecular weight is 463 g/mol. The van der Waals surface area contributed by atoms with Crippen LogP contribution in [0.1, 0.15) is 64.8 Å². The summed E-state index contributed by atoms with van der Waals surface area (Å²) in [5, 5.41) is 5.73. The lowest BCUT2D eigenvalue weighted by atomic mass is 10.1. The van der Waals surface area contributed by atoms with Gasteiger partial charge in [0, 0.05) is 37.4 Å². The van der Waals surface area contributed by atoms with Crippen LogP contribution in [0, 0.1) is 6.92 Å². The molecular formula is C26H30N4O4. The van der Waals surface area contributed by atoms with Gasteiger partial charge in [-0.25, -0.2) is 4.79 Å². The van der Waals surface area contributed by atoms with E-state index in [1.165, 1.54) is 4.90 Å². The molecule has 4 rings (SSSR count). The maximum Gasteiger partial charge on any atom is 0.321 e. The first-order chi connectivity index (χ1) is 16.4. The van der Waals surface area contributed by atoms with Crippen LogP contribution in [0.25, 0.3) is 0 Å². The smallest absolute Gasteiger partial charge is 0.321 e. The highest BCUT2D eigenvalue weighted by molar-refractivity contribution is 6.21. The van der Waals surface area contributed by atoms with Crippen LogP contribution in [-0.2, 0) is 4.79 Å². The molecule has 34 heavy (non-hydrogen) atoms. The monoisotopic (exact) mass is 462 g/mol. The molecule has 8 nitrogen and oxygen atoms in total. The van der Waals surface area contributed by atoms with E-state index in [1.54, 1.807) is 36.4 Å². The Kier molecular flexibility index (Phi) is 7.25. The molecule has 0 radical (unpaired) electrons. The highest BCUT2D eigenvalue weighted by Crippen LogP contribution is 2.24. The lowest BCUT2D eigenvalue weighted by molar-refractivity contribution is -0.116. The zero-order chi connectivity index (χ0) is 24.1. The number of anilines is 2. The summed E-state index contributed by atoms with van der Waals surface area (Å²) in [6, 6.07) is 12.1. The van der Waals surface area contributed by atoms with Gasteiger partial charge in [-0.15, -0.1) is 0 Å². The molecule has 2 heterocycles. The maximum atomic E-state index is 12.5. The standard InChI is InChI=1S/C26H30N4O4/c1-18-8-13-21-22(17-18)25(33)30(24(21)32)16-6-7-23(31)27-19-9-11-20(12-10-19)28-26(34)29-14-4-2-3-5-15-29/h8-13,17H,2-7,14-16H2,1H3,(H,27,31)(H,28,34). The van der Waals surface area contributed by atoms with Gasteiger partial charge in [0.05, 0.1) is 11.1 Å². The van der Waals surface area contributed by atoms with Crippen LogP contribution in [0.4, 0.5) is 16.2 Å². The Morgan fingerprint density at radius 3 is 2.12 bits per heavy atom. The van der Waals surface area contributed by atoms with Crippen molar-refractivity contribution in [1.29, 1.82) is 0 Å². The third kappa shape index (κ3) is 5.44. The summed E-state index contributed by atoms with van der Waals surface area (Å²) in [5.41, 5.74) is 3.07. The zero-order valence-electron chi connectivity index (χ0n) is 19.4. The first-order valence-electron chi connectivity index (χ1n) is 11.8. The van der Waals surface area contributed by atoms with Gasteiger partial charge in [-0.3, -0.25) is 19.3 Å². The molecule has 2 aliphatic rings. The Hall–Kier alpha value is -3.68. The van der Waals surface area contributed by atoms with Crippen molar-refractivity contribution in [1.82, 2.24) is 9.80 Å². The number of aryl methyl sites for hydroxylation is 1. The fraction of sp³-hybridized carbons (Fsp3) is 0.385. The summed E-state index contributed by atoms with van der Waals surface area (Å²) in [5.74, 6) is -0.811. The molecule has 8 heteroatoms. The first-order valence-corrected chi connectivity index (χ1v) is 11.8. The largest absolute Gasteiger partial charge is 0.326 e. The van der Waals surface area contributed by atoms with E-state index >= 15 is 0 Å². The molecule has 178 valence electrons. The topological polar surface area (TPSA) is 98.8 Å². The highest BCUT2D eigenvalue weighted by Gasteiger charge is 2.34. The van der Waals surface area contributed by atoms with Gasteiger partial charge in [0.25, 0.3) is 11.8 Å². The number of imide groups is 1. The van der Waals surface area contributed by atoms with Crippen molar-refractivity contribution >= 4 is 35.1 Å². The Balaban J connectivity index is 1.22. The van der Waals surface area contributed by atoms with Crippen molar-refractivity contribution in [2.24, 2.45) is 0 Å². The number of nitrogens with zero attached hydrogens (tertiary/aromatic N) is 2. The van der Waals surface area contributed by atoms with E-state index < -0.39 is 0 Å². The first kappa shape index (κ1) is 23.5. The summed E-state index contributed by atoms with van der Waals surface area (Å²) in [6.07, 6.45) is 4.95. The van der Waals surface area contributed by atoms with Gasteiger partial charge in [0.1, 0.15) is 0 Å². The number of fused-ring (bicyclic) bond motifs is 1. The summed E-state index contributed by atoms with van der Waals surface area (Å²) in [6.45, 7) is 3.63. The second-order valence-corrected chi connectivity index (χ2v) is 8.87. The summed E-state index contributed by atoms with van der Waals surface area (Å²) in [4.78, 5) is 52.8. The van der Waals surface area contributed by atoms with E-state index in [-0.39, 0.29) is 36.7 Å². The van der Waals surface area contributed by atoms with Crippen LogP contribution in [0.2, 0.25) is 0 Å². The molecule has 0 unspecified atom stereocenters. The number of hydrogen-bond acceptors (Lipinski definition) is 4. The maximum absolute atomic E-state index is 12.5. The second kappa shape index (κ2) is 10.5. The van der Waals surface area contributed by atoms with E-state index in [9.17, 15) is 19.2 Å². The van der Waals surface area contributed by atoms with Gasteiger partial charge in [-0.1, -0.05) is 24.5 Å². The molecule has 2 aliphatic heterocycles. The van der Waals surface area contributed by atoms with E-state index in [1.807, 2.05) is 17.9 Å². The molecule has 0 atom stereocenters. The number of rotatable bonds is 6. The fourth-order valence-corrected chi connectivity index (χ4v) is 4.34. The molecule has 0 aliphatic carbocycles. The van der Waals surface area contributed by atoms with Crippen LogP contribution in [-0.4, -0.2) is 53.2 Å². The Morgan fingerprint density at radius 1 is 0.824 bits per heavy atom. The molecule has 1 fully saturated rings. The van der Waals surface area contributed by atoms with Crippen LogP contribution in [0.5, 0.6) is 0 Å². The molecule has 2 aromatic rings. The van der Waals surface area contributed by atoms with Gasteiger partial charge < -0.3 is 15.5 Å². The van der Waals surface area contributed by atoms with Crippen LogP contribution >= 0.6 is 0 Å². The minimum atomic E-state index is -0.307. The molecule has 1 saturated heterocycles. The van der Waals surface area contributed by atoms with E-state index in [0.717, 1.165) is 44.3 Å². The van der Waals surface area contributed by atoms with Crippen LogP contribution in [0.3, 0.4) is 0 Å². The highest BCUT2D eigenvalue weighted by atomic mass is 16.2. The number of benzene rings is 2. The summed E-state index contributed by atoms with van der Waals surface area (Å²) < 4.78 is 0. The minimum absolute atomic E-state index is 0.0954. The number of urea groups is 1. The molecule has 0 bridgehead atoms. The predicted molar refractivity (Wildman–Crippen MR) is 130 cm³/mol. The third-order valence-electron chi connectivity index (χ3n) is 6.22. The van der Waals surface area contributed by atoms with Crippen LogP contribution < -0.4 is 10.6 Å². The number of carbonyl (C=O) groups is 4. The zero-order valence-corrected chi connectivity index (χ0v) is 19.4. The van der Waals surface area contributed by atoms with Crippen LogP contribution in [0.15, 0.2) is 42.5 Å². The van der Waals surface area contributed by atoms with Crippen molar-refractivity contribution in [3.8, 4) is 0 Å². The normalized spacial score (nSPS) is 15.7. The lowest BCUT2D eigenvalue weighted by Crippen LogP contribution is -2.35. The quantitative estimate of drug-likeness (QED) is 0.621. The number of hydrogen-bond donors (Lipinski definition) is 2. The van der Waals surface area contributed by atoms with Gasteiger partial charge in [0.15, 0.2) is 0 Å². The van der Waals surface area contributed by atoms with Gasteiger partial charge in [-0.2, -0.15) is 0 Å². The predicted octanol–water partition coefficient (Wildman–Crippen LogP) is 4.42. The number of carbonyl (C=O) groups excluding carboxylic acids is 4. The van der Waals surface area contributed by atoms with Crippen molar-refractivity contribution < 1.29 is 19.2 Å². The Morgan fingerprint density at radius 2 is 1.44 bits per heavy atom. The molecule has 2 aromatic carbocycles. The van der Waals surface area contributed by atoms with Crippen molar-refractivity contribution in [2.75, 3.05) is 30.3 Å². The van der Waals surface area contributed by atoms with Crippen molar-refractivity contribution in [3.63, 3.8) is 0 Å². The Bertz CT molecular complexity index is 1090. The molecule has 0 spiro atoms. The molecular weight excluding hydrogens is 432 g/mol. The molecule has 0 aromatic heterocycles. The Labute approximate surface area is 199 Å². The number of likely N-dealkylation sites (tertiary alicyclic amines) is 1. The van der Waals surface area contributed by atoms with Gasteiger partial charge >= 0.3 is 6.03 Å². The minimum Gasteiger partial charge on any atom is -0.326 e. The number of nitrogens with one attached hydrogen (secondary N) is 2. The fourth-order valence-electron chi connectivity index (χ4n) is 4.34. The number of amides is 5. The molecule has 2 N–H and O–H groups in total. The molecule has 5 amide bonds. The summed E-state index contributed by atoms with van der Waals surface area (Å²) in [7, 11) is 0. The third-order valence-corrected chi connectivity index (χ3v) is 6.22. The van der Waals surface area contributed by atoms with Gasteiger partial charge in [0.2, 0.25) is 5.91 Å². The second-order valence-electron chi connectivity index (χ2n) is 8.87. The van der Waals surface area contributed by atoms with Crippen molar-refractivity contribution in [2.45, 2.75) is 45.4 Å². The molecule has 0 saturated carbocycles. The SMILES string of the molecule is Cc1ccc2c(c1)C(=O)N(CCCC(=O)Nc1ccc(NC(=O)N3CCCCCC3)cc1)C2=O. The van der Waals surface area contributed by atoms with Crippen molar-refractivity contribution in [3.05, 3.63) is 59.2 Å². The average Bonchev–Trinajstić information content (AvgIpc) is 3.01. The lowest BCUT2D eigenvalue weighted by Gasteiger charge is -2.20. The van der Waals surface area contributed by atoms with E-state index in [0.29, 0.717) is 28.9 Å². The summed E-state index contributed by atoms with van der Waals surface area (Å²) >= 11 is 0. The van der Waals surface area contributed by atoms with Gasteiger partial charge in [-0.05, 0) is 62.6 Å². The van der Waals surface area contributed by atoms with E-state index in [2.05, 4.69) is 10.6 Å².